The highest BCUT2D eigenvalue weighted by Crippen LogP contribution is 2.39. The number of rotatable bonds is 5. The van der Waals surface area contributed by atoms with Gasteiger partial charge >= 0.3 is 0 Å². The van der Waals surface area contributed by atoms with Crippen LogP contribution >= 0.6 is 0 Å². The van der Waals surface area contributed by atoms with Crippen LogP contribution in [-0.4, -0.2) is 19.5 Å². The van der Waals surface area contributed by atoms with E-state index in [1.165, 1.54) is 5.39 Å². The van der Waals surface area contributed by atoms with Crippen LogP contribution in [0.3, 0.4) is 0 Å². The fourth-order valence-corrected chi connectivity index (χ4v) is 7.11. The van der Waals surface area contributed by atoms with E-state index in [9.17, 15) is 0 Å². The van der Waals surface area contributed by atoms with Crippen molar-refractivity contribution in [3.05, 3.63) is 170 Å². The smallest absolute Gasteiger partial charge is 0.164 e. The molecule has 10 rings (SSSR count). The summed E-state index contributed by atoms with van der Waals surface area (Å²) in [4.78, 5) is 15.0. The van der Waals surface area contributed by atoms with Crippen molar-refractivity contribution in [3.63, 3.8) is 0 Å². The third-order valence-electron chi connectivity index (χ3n) is 9.47. The number of fused-ring (bicyclic) bond motifs is 6. The van der Waals surface area contributed by atoms with Crippen molar-refractivity contribution in [2.75, 3.05) is 0 Å². The molecule has 0 spiro atoms. The zero-order valence-corrected chi connectivity index (χ0v) is 26.9. The van der Waals surface area contributed by atoms with Gasteiger partial charge in [0.05, 0.1) is 16.7 Å². The maximum Gasteiger partial charge on any atom is 0.164 e. The first-order valence-corrected chi connectivity index (χ1v) is 16.7. The third kappa shape index (κ3) is 4.60. The molecule has 0 saturated carbocycles. The van der Waals surface area contributed by atoms with Crippen LogP contribution in [0.25, 0.3) is 94.7 Å². The van der Waals surface area contributed by atoms with Crippen LogP contribution in [0.1, 0.15) is 0 Å². The maximum absolute atomic E-state index is 6.31. The number of benzene rings is 7. The van der Waals surface area contributed by atoms with Crippen LogP contribution in [0.15, 0.2) is 174 Å². The largest absolute Gasteiger partial charge is 0.456 e. The number of hydrogen-bond acceptors (Lipinski definition) is 4. The molecule has 0 amide bonds. The topological polar surface area (TPSA) is 56.7 Å². The average Bonchev–Trinajstić information content (AvgIpc) is 3.73. The molecule has 0 aliphatic heterocycles. The maximum atomic E-state index is 6.31. The molecule has 0 unspecified atom stereocenters. The lowest BCUT2D eigenvalue weighted by molar-refractivity contribution is 0.669. The van der Waals surface area contributed by atoms with Gasteiger partial charge in [0.25, 0.3) is 0 Å². The fourth-order valence-electron chi connectivity index (χ4n) is 7.11. The Hall–Kier alpha value is -6.85. The van der Waals surface area contributed by atoms with Crippen molar-refractivity contribution >= 4 is 43.7 Å². The molecule has 0 fully saturated rings. The van der Waals surface area contributed by atoms with Crippen molar-refractivity contribution in [1.82, 2.24) is 19.5 Å². The van der Waals surface area contributed by atoms with E-state index >= 15 is 0 Å². The molecule has 3 aromatic heterocycles. The zero-order chi connectivity index (χ0) is 33.0. The number of hydrogen-bond donors (Lipinski definition) is 0. The standard InChI is InChI=1S/C45H28N4O/c1-3-13-29(14-4-1)43-46-44(30-15-5-2-6-16-30)48-45(47-43)32-24-25-35-34-18-8-11-21-39(34)49(40(35)27-32)38-20-10-7-17-33(38)31-23-26-37-36-19-9-12-22-41(36)50-42(37)28-31/h1-28H. The van der Waals surface area contributed by atoms with E-state index in [1.807, 2.05) is 72.8 Å². The van der Waals surface area contributed by atoms with Crippen molar-refractivity contribution in [1.29, 1.82) is 0 Å². The summed E-state index contributed by atoms with van der Waals surface area (Å²) < 4.78 is 8.67. The Kier molecular flexibility index (Phi) is 6.42. The lowest BCUT2D eigenvalue weighted by Gasteiger charge is -2.14. The highest BCUT2D eigenvalue weighted by molar-refractivity contribution is 6.11. The highest BCUT2D eigenvalue weighted by Gasteiger charge is 2.19. The fraction of sp³-hybridized carbons (Fsp3) is 0. The number of aromatic nitrogens is 4. The first-order valence-electron chi connectivity index (χ1n) is 16.7. The summed E-state index contributed by atoms with van der Waals surface area (Å²) in [5.41, 5.74) is 10.1. The van der Waals surface area contributed by atoms with Gasteiger partial charge in [0.2, 0.25) is 0 Å². The summed E-state index contributed by atoms with van der Waals surface area (Å²) in [6.07, 6.45) is 0. The summed E-state index contributed by atoms with van der Waals surface area (Å²) in [7, 11) is 0. The van der Waals surface area contributed by atoms with E-state index in [1.54, 1.807) is 0 Å². The predicted octanol–water partition coefficient (Wildman–Crippen LogP) is 11.5. The molecular formula is C45H28N4O. The molecule has 50 heavy (non-hydrogen) atoms. The van der Waals surface area contributed by atoms with Crippen LogP contribution < -0.4 is 0 Å². The van der Waals surface area contributed by atoms with E-state index < -0.39 is 0 Å². The van der Waals surface area contributed by atoms with Gasteiger partial charge < -0.3 is 8.98 Å². The molecule has 0 atom stereocenters. The molecule has 234 valence electrons. The average molecular weight is 641 g/mol. The minimum absolute atomic E-state index is 0.625. The molecule has 7 aromatic carbocycles. The first-order chi connectivity index (χ1) is 24.8. The molecule has 0 aliphatic carbocycles. The normalized spacial score (nSPS) is 11.6. The Morgan fingerprint density at radius 1 is 0.360 bits per heavy atom. The Bertz CT molecular complexity index is 2810. The molecule has 0 saturated heterocycles. The summed E-state index contributed by atoms with van der Waals surface area (Å²) in [6, 6.07) is 58.6. The van der Waals surface area contributed by atoms with Gasteiger partial charge in [-0.1, -0.05) is 133 Å². The van der Waals surface area contributed by atoms with Gasteiger partial charge in [-0.05, 0) is 42.0 Å². The van der Waals surface area contributed by atoms with Gasteiger partial charge in [-0.15, -0.1) is 0 Å². The second-order valence-electron chi connectivity index (χ2n) is 12.4. The van der Waals surface area contributed by atoms with Gasteiger partial charge in [-0.2, -0.15) is 0 Å². The van der Waals surface area contributed by atoms with Gasteiger partial charge in [0, 0.05) is 43.8 Å². The van der Waals surface area contributed by atoms with Crippen LogP contribution in [0.5, 0.6) is 0 Å². The minimum atomic E-state index is 0.625. The lowest BCUT2D eigenvalue weighted by atomic mass is 10.0. The van der Waals surface area contributed by atoms with E-state index in [4.69, 9.17) is 19.4 Å². The van der Waals surface area contributed by atoms with E-state index in [2.05, 4.69) is 102 Å². The predicted molar refractivity (Wildman–Crippen MR) is 203 cm³/mol. The molecule has 3 heterocycles. The van der Waals surface area contributed by atoms with Gasteiger partial charge in [0.15, 0.2) is 17.5 Å². The van der Waals surface area contributed by atoms with Crippen molar-refractivity contribution < 1.29 is 4.42 Å². The van der Waals surface area contributed by atoms with Crippen molar-refractivity contribution in [2.45, 2.75) is 0 Å². The SMILES string of the molecule is c1ccc(-c2nc(-c3ccccc3)nc(-c3ccc4c5ccccc5n(-c5ccccc5-c5ccc6c(c5)oc5ccccc56)c4c3)n2)cc1. The molecule has 0 bridgehead atoms. The molecule has 0 aliphatic rings. The Morgan fingerprint density at radius 2 is 0.900 bits per heavy atom. The van der Waals surface area contributed by atoms with Crippen molar-refractivity contribution in [2.24, 2.45) is 0 Å². The Balaban J connectivity index is 1.19. The van der Waals surface area contributed by atoms with Gasteiger partial charge in [-0.3, -0.25) is 0 Å². The molecular weight excluding hydrogens is 613 g/mol. The van der Waals surface area contributed by atoms with Crippen LogP contribution in [-0.2, 0) is 0 Å². The summed E-state index contributed by atoms with van der Waals surface area (Å²) in [5.74, 6) is 1.91. The second kappa shape index (κ2) is 11.4. The summed E-state index contributed by atoms with van der Waals surface area (Å²) in [6.45, 7) is 0. The lowest BCUT2D eigenvalue weighted by Crippen LogP contribution is -2.00. The molecule has 5 nitrogen and oxygen atoms in total. The Morgan fingerprint density at radius 3 is 1.66 bits per heavy atom. The number of para-hydroxylation sites is 3. The molecule has 0 radical (unpaired) electrons. The van der Waals surface area contributed by atoms with E-state index in [0.29, 0.717) is 17.5 Å². The molecule has 10 aromatic rings. The minimum Gasteiger partial charge on any atom is -0.456 e. The summed E-state index contributed by atoms with van der Waals surface area (Å²) >= 11 is 0. The summed E-state index contributed by atoms with van der Waals surface area (Å²) in [5, 5.41) is 4.58. The quantitative estimate of drug-likeness (QED) is 0.188. The van der Waals surface area contributed by atoms with Crippen molar-refractivity contribution in [3.8, 4) is 51.0 Å². The molecule has 0 N–H and O–H groups in total. The molecule has 5 heteroatoms. The third-order valence-corrected chi connectivity index (χ3v) is 9.47. The van der Waals surface area contributed by atoms with Crippen LogP contribution in [0.4, 0.5) is 0 Å². The van der Waals surface area contributed by atoms with E-state index in [-0.39, 0.29) is 0 Å². The second-order valence-corrected chi connectivity index (χ2v) is 12.4. The first kappa shape index (κ1) is 28.2. The monoisotopic (exact) mass is 640 g/mol. The zero-order valence-electron chi connectivity index (χ0n) is 26.9. The van der Waals surface area contributed by atoms with Gasteiger partial charge in [-0.25, -0.2) is 15.0 Å². The van der Waals surface area contributed by atoms with Crippen LogP contribution in [0.2, 0.25) is 0 Å². The van der Waals surface area contributed by atoms with E-state index in [0.717, 1.165) is 71.9 Å². The van der Waals surface area contributed by atoms with Gasteiger partial charge in [0.1, 0.15) is 11.2 Å². The Labute approximate surface area is 287 Å². The number of nitrogens with zero attached hydrogens (tertiary/aromatic N) is 4. The highest BCUT2D eigenvalue weighted by atomic mass is 16.3. The number of furan rings is 1. The van der Waals surface area contributed by atoms with Crippen LogP contribution in [0, 0.1) is 0 Å².